The van der Waals surface area contributed by atoms with Crippen molar-refractivity contribution in [2.24, 2.45) is 0 Å². The van der Waals surface area contributed by atoms with Crippen LogP contribution in [0.3, 0.4) is 0 Å². The summed E-state index contributed by atoms with van der Waals surface area (Å²) in [5.41, 5.74) is 1.87. The van der Waals surface area contributed by atoms with E-state index in [1.165, 1.54) is 11.3 Å². The molecular formula is C12H15N3O2S. The van der Waals surface area contributed by atoms with E-state index >= 15 is 0 Å². The van der Waals surface area contributed by atoms with Gasteiger partial charge in [-0.2, -0.15) is 0 Å². The van der Waals surface area contributed by atoms with E-state index in [-0.39, 0.29) is 6.61 Å². The number of anilines is 1. The number of aliphatic hydroxyl groups is 2. The van der Waals surface area contributed by atoms with E-state index in [1.54, 1.807) is 0 Å². The number of nitrogens with zero attached hydrogens (tertiary/aromatic N) is 2. The quantitative estimate of drug-likeness (QED) is 0.759. The van der Waals surface area contributed by atoms with Crippen LogP contribution in [-0.2, 0) is 0 Å². The maximum Gasteiger partial charge on any atom is 0.147 e. The van der Waals surface area contributed by atoms with Gasteiger partial charge in [0.2, 0.25) is 0 Å². The molecule has 0 amide bonds. The maximum absolute atomic E-state index is 9.28. The molecule has 0 aliphatic heterocycles. The Hall–Kier alpha value is -1.50. The summed E-state index contributed by atoms with van der Waals surface area (Å²) in [6, 6.07) is 7.73. The molecule has 0 radical (unpaired) electrons. The molecule has 0 aliphatic rings. The van der Waals surface area contributed by atoms with Gasteiger partial charge in [-0.05, 0) is 19.1 Å². The summed E-state index contributed by atoms with van der Waals surface area (Å²) < 4.78 is 0. The van der Waals surface area contributed by atoms with Gasteiger partial charge in [0, 0.05) is 17.8 Å². The minimum absolute atomic E-state index is 0.248. The SMILES string of the molecule is Cc1nnc(-c2cccc(NCC(O)CO)c2)s1. The molecule has 1 aromatic heterocycles. The molecule has 2 aromatic rings. The number of hydrogen-bond acceptors (Lipinski definition) is 6. The highest BCUT2D eigenvalue weighted by Crippen LogP contribution is 2.25. The topological polar surface area (TPSA) is 78.3 Å². The summed E-state index contributed by atoms with van der Waals surface area (Å²) in [5, 5.41) is 31.0. The number of hydrogen-bond donors (Lipinski definition) is 3. The average molecular weight is 265 g/mol. The first-order valence-electron chi connectivity index (χ1n) is 5.62. The van der Waals surface area contributed by atoms with Gasteiger partial charge in [-0.25, -0.2) is 0 Å². The van der Waals surface area contributed by atoms with E-state index in [1.807, 2.05) is 31.2 Å². The molecule has 0 fully saturated rings. The molecule has 1 unspecified atom stereocenters. The Balaban J connectivity index is 2.10. The Labute approximate surface area is 109 Å². The van der Waals surface area contributed by atoms with Crippen molar-refractivity contribution in [1.29, 1.82) is 0 Å². The van der Waals surface area contributed by atoms with Crippen LogP contribution in [0.2, 0.25) is 0 Å². The third-order valence-electron chi connectivity index (χ3n) is 2.39. The van der Waals surface area contributed by atoms with Gasteiger partial charge in [0.1, 0.15) is 10.0 Å². The minimum atomic E-state index is -0.752. The van der Waals surface area contributed by atoms with E-state index in [2.05, 4.69) is 15.5 Å². The van der Waals surface area contributed by atoms with Crippen molar-refractivity contribution in [3.05, 3.63) is 29.3 Å². The lowest BCUT2D eigenvalue weighted by molar-refractivity contribution is 0.105. The van der Waals surface area contributed by atoms with Crippen molar-refractivity contribution < 1.29 is 10.2 Å². The summed E-state index contributed by atoms with van der Waals surface area (Å²) in [5.74, 6) is 0. The van der Waals surface area contributed by atoms with E-state index in [0.29, 0.717) is 6.54 Å². The molecule has 2 rings (SSSR count). The normalized spacial score (nSPS) is 12.4. The van der Waals surface area contributed by atoms with Crippen molar-refractivity contribution in [1.82, 2.24) is 10.2 Å². The van der Waals surface area contributed by atoms with Crippen LogP contribution in [0.5, 0.6) is 0 Å². The van der Waals surface area contributed by atoms with Crippen LogP contribution in [0, 0.1) is 6.92 Å². The molecule has 0 spiro atoms. The van der Waals surface area contributed by atoms with Crippen LogP contribution in [-0.4, -0.2) is 39.7 Å². The number of aliphatic hydroxyl groups excluding tert-OH is 2. The summed E-state index contributed by atoms with van der Waals surface area (Å²) in [6.07, 6.45) is -0.752. The molecule has 6 heteroatoms. The smallest absolute Gasteiger partial charge is 0.147 e. The van der Waals surface area contributed by atoms with Gasteiger partial charge >= 0.3 is 0 Å². The number of benzene rings is 1. The number of nitrogens with one attached hydrogen (secondary N) is 1. The predicted molar refractivity (Wildman–Crippen MR) is 71.7 cm³/mol. The standard InChI is InChI=1S/C12H15N3O2S/c1-8-14-15-12(18-8)9-3-2-4-10(5-9)13-6-11(17)7-16/h2-5,11,13,16-17H,6-7H2,1H3. The molecule has 0 saturated heterocycles. The van der Waals surface area contributed by atoms with Crippen LogP contribution < -0.4 is 5.32 Å². The molecule has 1 heterocycles. The van der Waals surface area contributed by atoms with Gasteiger partial charge in [-0.15, -0.1) is 10.2 Å². The molecular weight excluding hydrogens is 250 g/mol. The molecule has 0 aliphatic carbocycles. The highest BCUT2D eigenvalue weighted by atomic mass is 32.1. The zero-order chi connectivity index (χ0) is 13.0. The first-order chi connectivity index (χ1) is 8.69. The summed E-state index contributed by atoms with van der Waals surface area (Å²) in [4.78, 5) is 0. The van der Waals surface area contributed by atoms with Crippen molar-refractivity contribution in [3.8, 4) is 10.6 Å². The van der Waals surface area contributed by atoms with Gasteiger partial charge in [-0.1, -0.05) is 23.5 Å². The Bertz CT molecular complexity index is 516. The fraction of sp³-hybridized carbons (Fsp3) is 0.333. The second-order valence-electron chi connectivity index (χ2n) is 3.92. The lowest BCUT2D eigenvalue weighted by Crippen LogP contribution is -2.22. The van der Waals surface area contributed by atoms with Gasteiger partial charge in [-0.3, -0.25) is 0 Å². The Morgan fingerprint density at radius 1 is 1.39 bits per heavy atom. The first-order valence-corrected chi connectivity index (χ1v) is 6.44. The average Bonchev–Trinajstić information content (AvgIpc) is 2.83. The van der Waals surface area contributed by atoms with E-state index in [9.17, 15) is 5.11 Å². The largest absolute Gasteiger partial charge is 0.394 e. The zero-order valence-corrected chi connectivity index (χ0v) is 10.8. The number of rotatable bonds is 5. The van der Waals surface area contributed by atoms with Crippen LogP contribution in [0.25, 0.3) is 10.6 Å². The van der Waals surface area contributed by atoms with Crippen LogP contribution in [0.1, 0.15) is 5.01 Å². The third-order valence-corrected chi connectivity index (χ3v) is 3.28. The maximum atomic E-state index is 9.28. The van der Waals surface area contributed by atoms with Crippen molar-refractivity contribution >= 4 is 17.0 Å². The van der Waals surface area contributed by atoms with E-state index < -0.39 is 6.10 Å². The molecule has 0 bridgehead atoms. The van der Waals surface area contributed by atoms with Crippen molar-refractivity contribution in [2.75, 3.05) is 18.5 Å². The Morgan fingerprint density at radius 2 is 2.22 bits per heavy atom. The first kappa shape index (κ1) is 12.9. The highest BCUT2D eigenvalue weighted by molar-refractivity contribution is 7.14. The van der Waals surface area contributed by atoms with Gasteiger partial charge < -0.3 is 15.5 Å². The molecule has 0 saturated carbocycles. The second kappa shape index (κ2) is 5.90. The van der Waals surface area contributed by atoms with Gasteiger partial charge in [0.25, 0.3) is 0 Å². The third kappa shape index (κ3) is 3.25. The van der Waals surface area contributed by atoms with Gasteiger partial charge in [0.15, 0.2) is 0 Å². The lowest BCUT2D eigenvalue weighted by atomic mass is 10.2. The molecule has 18 heavy (non-hydrogen) atoms. The van der Waals surface area contributed by atoms with E-state index in [0.717, 1.165) is 21.3 Å². The Morgan fingerprint density at radius 3 is 2.89 bits per heavy atom. The molecule has 1 atom stereocenters. The van der Waals surface area contributed by atoms with Crippen LogP contribution in [0.15, 0.2) is 24.3 Å². The van der Waals surface area contributed by atoms with Crippen LogP contribution >= 0.6 is 11.3 Å². The predicted octanol–water partition coefficient (Wildman–Crippen LogP) is 1.28. The van der Waals surface area contributed by atoms with Crippen molar-refractivity contribution in [3.63, 3.8) is 0 Å². The van der Waals surface area contributed by atoms with Crippen LogP contribution in [0.4, 0.5) is 5.69 Å². The lowest BCUT2D eigenvalue weighted by Gasteiger charge is -2.10. The number of aryl methyl sites for hydroxylation is 1. The highest BCUT2D eigenvalue weighted by Gasteiger charge is 2.06. The minimum Gasteiger partial charge on any atom is -0.394 e. The summed E-state index contributed by atoms with van der Waals surface area (Å²) >= 11 is 1.54. The summed E-state index contributed by atoms with van der Waals surface area (Å²) in [7, 11) is 0. The van der Waals surface area contributed by atoms with Crippen molar-refractivity contribution in [2.45, 2.75) is 13.0 Å². The second-order valence-corrected chi connectivity index (χ2v) is 5.11. The Kier molecular flexibility index (Phi) is 4.24. The van der Waals surface area contributed by atoms with E-state index in [4.69, 9.17) is 5.11 Å². The zero-order valence-electron chi connectivity index (χ0n) is 10.00. The summed E-state index contributed by atoms with van der Waals surface area (Å²) in [6.45, 7) is 1.98. The monoisotopic (exact) mass is 265 g/mol. The molecule has 3 N–H and O–H groups in total. The van der Waals surface area contributed by atoms with Gasteiger partial charge in [0.05, 0.1) is 12.7 Å². The fourth-order valence-electron chi connectivity index (χ4n) is 1.48. The molecule has 1 aromatic carbocycles. The molecule has 96 valence electrons. The number of aromatic nitrogens is 2. The fourth-order valence-corrected chi connectivity index (χ4v) is 2.16. The molecule has 5 nitrogen and oxygen atoms in total.